The predicted octanol–water partition coefficient (Wildman–Crippen LogP) is 0.963. The molecule has 0 bridgehead atoms. The number of ether oxygens (including phenoxy) is 3. The summed E-state index contributed by atoms with van der Waals surface area (Å²) in [6.07, 6.45) is 2.14. The van der Waals surface area contributed by atoms with E-state index >= 15 is 0 Å². The summed E-state index contributed by atoms with van der Waals surface area (Å²) in [5.74, 6) is 3.58. The van der Waals surface area contributed by atoms with Gasteiger partial charge in [-0.2, -0.15) is 0 Å². The molecule has 0 saturated heterocycles. The number of benzene rings is 2. The van der Waals surface area contributed by atoms with Crippen molar-refractivity contribution in [1.82, 2.24) is 4.58 Å². The summed E-state index contributed by atoms with van der Waals surface area (Å²) in [7, 11) is 4.16. The van der Waals surface area contributed by atoms with Gasteiger partial charge in [0, 0.05) is 23.9 Å². The first-order valence-corrected chi connectivity index (χ1v) is 8.25. The highest BCUT2D eigenvalue weighted by Crippen LogP contribution is 2.40. The summed E-state index contributed by atoms with van der Waals surface area (Å²) in [4.78, 5) is 2.20. The van der Waals surface area contributed by atoms with Crippen molar-refractivity contribution in [3.63, 3.8) is 0 Å². The first kappa shape index (κ1) is 13.7. The van der Waals surface area contributed by atoms with Crippen LogP contribution in [0.5, 0.6) is 23.0 Å². The second kappa shape index (κ2) is 4.90. The van der Waals surface area contributed by atoms with Crippen molar-refractivity contribution >= 4 is 11.8 Å². The minimum atomic E-state index is 0.716. The van der Waals surface area contributed by atoms with Crippen molar-refractivity contribution in [1.29, 1.82) is 0 Å². The third-order valence-corrected chi connectivity index (χ3v) is 4.90. The zero-order valence-corrected chi connectivity index (χ0v) is 13.8. The molecule has 24 heavy (non-hydrogen) atoms. The lowest BCUT2D eigenvalue weighted by Crippen LogP contribution is -2.37. The van der Waals surface area contributed by atoms with E-state index in [1.165, 1.54) is 0 Å². The second-order valence-electron chi connectivity index (χ2n) is 6.50. The molecule has 0 saturated carbocycles. The van der Waals surface area contributed by atoms with Crippen LogP contribution in [0.2, 0.25) is 0 Å². The van der Waals surface area contributed by atoms with Gasteiger partial charge in [0.25, 0.3) is 0 Å². The summed E-state index contributed by atoms with van der Waals surface area (Å²) < 4.78 is 20.0. The van der Waals surface area contributed by atoms with E-state index < -0.39 is 0 Å². The smallest absolute Gasteiger partial charge is 0.246 e. The van der Waals surface area contributed by atoms with Crippen LogP contribution >= 0.6 is 0 Å². The number of anilines is 1. The van der Waals surface area contributed by atoms with Crippen LogP contribution in [-0.4, -0.2) is 40.4 Å². The number of nitrogens with zero attached hydrogens (tertiary/aromatic N) is 2. The third kappa shape index (κ3) is 1.97. The molecular formula is C19H19N2O3+. The maximum Gasteiger partial charge on any atom is 0.246 e. The average molecular weight is 323 g/mol. The molecule has 5 heteroatoms. The highest BCUT2D eigenvalue weighted by Gasteiger charge is 2.23. The van der Waals surface area contributed by atoms with Gasteiger partial charge in [-0.25, -0.2) is 4.58 Å². The normalized spacial score (nSPS) is 17.2. The molecular weight excluding hydrogens is 304 g/mol. The van der Waals surface area contributed by atoms with Crippen molar-refractivity contribution < 1.29 is 14.2 Å². The summed E-state index contributed by atoms with van der Waals surface area (Å²) in [5.41, 5.74) is 2.12. The molecule has 3 heterocycles. The molecule has 2 aromatic rings. The zero-order chi connectivity index (χ0) is 16.3. The minimum absolute atomic E-state index is 0.716. The zero-order valence-electron chi connectivity index (χ0n) is 13.8. The van der Waals surface area contributed by atoms with Gasteiger partial charge < -0.3 is 19.1 Å². The van der Waals surface area contributed by atoms with Crippen LogP contribution in [0.1, 0.15) is 5.56 Å². The molecule has 0 spiro atoms. The van der Waals surface area contributed by atoms with E-state index in [-0.39, 0.29) is 0 Å². The van der Waals surface area contributed by atoms with Gasteiger partial charge in [0.1, 0.15) is 37.5 Å². The van der Waals surface area contributed by atoms with Crippen LogP contribution in [0.15, 0.2) is 24.3 Å². The third-order valence-electron chi connectivity index (χ3n) is 4.90. The summed E-state index contributed by atoms with van der Waals surface area (Å²) >= 11 is 0. The SMILES string of the molecule is CN1CCOc2cc3c(cc21)Oc1cc2c(cc1=C3)OCC[N+]=2C. The van der Waals surface area contributed by atoms with Gasteiger partial charge in [-0.1, -0.05) is 0 Å². The number of fused-ring (bicyclic) bond motifs is 4. The summed E-state index contributed by atoms with van der Waals surface area (Å²) in [6.45, 7) is 3.21. The number of hydrogen-bond acceptors (Lipinski definition) is 4. The van der Waals surface area contributed by atoms with E-state index in [0.717, 1.165) is 57.9 Å². The van der Waals surface area contributed by atoms with Crippen LogP contribution in [0.25, 0.3) is 6.08 Å². The number of rotatable bonds is 0. The Morgan fingerprint density at radius 1 is 0.958 bits per heavy atom. The fourth-order valence-corrected chi connectivity index (χ4v) is 3.47. The Balaban J connectivity index is 1.71. The topological polar surface area (TPSA) is 33.9 Å². The van der Waals surface area contributed by atoms with Gasteiger partial charge in [0.2, 0.25) is 5.36 Å². The molecule has 0 N–H and O–H groups in total. The van der Waals surface area contributed by atoms with E-state index in [9.17, 15) is 0 Å². The Hall–Kier alpha value is -2.69. The van der Waals surface area contributed by atoms with Crippen molar-refractivity contribution in [2.45, 2.75) is 0 Å². The molecule has 2 aromatic carbocycles. The molecule has 0 atom stereocenters. The van der Waals surface area contributed by atoms with Crippen LogP contribution < -0.4 is 34.3 Å². The van der Waals surface area contributed by atoms with Crippen molar-refractivity contribution in [2.75, 3.05) is 45.3 Å². The quantitative estimate of drug-likeness (QED) is 0.577. The summed E-state index contributed by atoms with van der Waals surface area (Å²) in [6, 6.07) is 8.28. The van der Waals surface area contributed by atoms with Crippen LogP contribution in [0.3, 0.4) is 0 Å². The molecule has 0 radical (unpaired) electrons. The number of likely N-dealkylation sites (N-methyl/N-ethyl adjacent to an activating group) is 2. The van der Waals surface area contributed by atoms with Gasteiger partial charge in [-0.05, 0) is 18.2 Å². The van der Waals surface area contributed by atoms with Gasteiger partial charge in [0.15, 0.2) is 12.3 Å². The van der Waals surface area contributed by atoms with Gasteiger partial charge in [0.05, 0.1) is 18.3 Å². The molecule has 0 unspecified atom stereocenters. The molecule has 5 rings (SSSR count). The fraction of sp³-hybridized carbons (Fsp3) is 0.316. The van der Waals surface area contributed by atoms with Gasteiger partial charge in [-0.3, -0.25) is 0 Å². The van der Waals surface area contributed by atoms with Crippen LogP contribution in [-0.2, 0) is 0 Å². The Morgan fingerprint density at radius 2 is 1.83 bits per heavy atom. The molecule has 5 nitrogen and oxygen atoms in total. The lowest BCUT2D eigenvalue weighted by atomic mass is 10.1. The molecule has 3 aliphatic heterocycles. The molecule has 0 amide bonds. The Morgan fingerprint density at radius 3 is 2.75 bits per heavy atom. The van der Waals surface area contributed by atoms with E-state index in [0.29, 0.717) is 13.2 Å². The van der Waals surface area contributed by atoms with Crippen molar-refractivity contribution in [3.05, 3.63) is 40.4 Å². The predicted molar refractivity (Wildman–Crippen MR) is 92.1 cm³/mol. The first-order valence-electron chi connectivity index (χ1n) is 8.25. The molecule has 0 aromatic heterocycles. The minimum Gasteiger partial charge on any atom is -0.490 e. The van der Waals surface area contributed by atoms with Crippen LogP contribution in [0.4, 0.5) is 5.69 Å². The molecule has 0 fully saturated rings. The number of hydrogen-bond donors (Lipinski definition) is 0. The standard InChI is InChI=1S/C19H19N2O3/c1-20-3-5-22-18-8-12-7-13-9-19-15(21(2)4-6-23-19)11-17(13)24-16(12)10-14(18)20/h7-11H,3-6H2,1-2H3/q+1. The molecule has 0 aliphatic carbocycles. The van der Waals surface area contributed by atoms with E-state index in [1.807, 2.05) is 0 Å². The van der Waals surface area contributed by atoms with Gasteiger partial charge >= 0.3 is 0 Å². The fourth-order valence-electron chi connectivity index (χ4n) is 3.47. The Bertz CT molecular complexity index is 981. The lowest BCUT2D eigenvalue weighted by molar-refractivity contribution is 0.279. The molecule has 122 valence electrons. The Labute approximate surface area is 140 Å². The molecule has 3 aliphatic rings. The summed E-state index contributed by atoms with van der Waals surface area (Å²) in [5, 5.41) is 2.12. The van der Waals surface area contributed by atoms with E-state index in [1.54, 1.807) is 0 Å². The monoisotopic (exact) mass is 323 g/mol. The average Bonchev–Trinajstić information content (AvgIpc) is 2.58. The lowest BCUT2D eigenvalue weighted by Gasteiger charge is -2.29. The van der Waals surface area contributed by atoms with Gasteiger partial charge in [-0.15, -0.1) is 0 Å². The van der Waals surface area contributed by atoms with Crippen molar-refractivity contribution in [2.24, 2.45) is 0 Å². The highest BCUT2D eigenvalue weighted by atomic mass is 16.5. The van der Waals surface area contributed by atoms with Crippen molar-refractivity contribution in [3.8, 4) is 23.0 Å². The maximum absolute atomic E-state index is 6.21. The van der Waals surface area contributed by atoms with E-state index in [2.05, 4.69) is 53.9 Å². The van der Waals surface area contributed by atoms with E-state index in [4.69, 9.17) is 14.2 Å². The maximum atomic E-state index is 6.21. The largest absolute Gasteiger partial charge is 0.490 e. The first-order chi connectivity index (χ1) is 11.7. The second-order valence-corrected chi connectivity index (χ2v) is 6.50. The Kier molecular flexibility index (Phi) is 2.80. The van der Waals surface area contributed by atoms with Crippen LogP contribution in [0, 0.1) is 0 Å². The highest BCUT2D eigenvalue weighted by molar-refractivity contribution is 5.73.